The Morgan fingerprint density at radius 2 is 1.62 bits per heavy atom. The lowest BCUT2D eigenvalue weighted by molar-refractivity contribution is -0.137. The Labute approximate surface area is 216 Å². The highest BCUT2D eigenvalue weighted by Gasteiger charge is 2.14. The summed E-state index contributed by atoms with van der Waals surface area (Å²) in [6.07, 6.45) is 7.28. The summed E-state index contributed by atoms with van der Waals surface area (Å²) in [6, 6.07) is 22.1. The number of nitrogens with zero attached hydrogens (tertiary/aromatic N) is 1. The van der Waals surface area contributed by atoms with Crippen molar-refractivity contribution < 1.29 is 24.5 Å². The third-order valence-electron chi connectivity index (χ3n) is 6.32. The third kappa shape index (κ3) is 6.88. The third-order valence-corrected chi connectivity index (χ3v) is 6.32. The number of rotatable bonds is 12. The van der Waals surface area contributed by atoms with Crippen molar-refractivity contribution in [1.29, 1.82) is 0 Å². The minimum atomic E-state index is -0.903. The minimum absolute atomic E-state index is 0.0678. The van der Waals surface area contributed by atoms with E-state index in [4.69, 9.17) is 9.84 Å². The van der Waals surface area contributed by atoms with Gasteiger partial charge < -0.3 is 19.5 Å². The largest absolute Gasteiger partial charge is 0.489 e. The van der Waals surface area contributed by atoms with Crippen molar-refractivity contribution in [2.45, 2.75) is 45.8 Å². The quantitative estimate of drug-likeness (QED) is 0.220. The molecule has 1 heterocycles. The molecule has 0 saturated heterocycles. The zero-order valence-electron chi connectivity index (χ0n) is 20.9. The van der Waals surface area contributed by atoms with Crippen molar-refractivity contribution in [3.8, 4) is 5.75 Å². The first-order valence-corrected chi connectivity index (χ1v) is 12.5. The lowest BCUT2D eigenvalue weighted by atomic mass is 10.0. The molecule has 1 aromatic heterocycles. The molecule has 6 nitrogen and oxygen atoms in total. The first-order chi connectivity index (χ1) is 17.9. The Balaban J connectivity index is 1.50. The molecule has 0 spiro atoms. The van der Waals surface area contributed by atoms with Gasteiger partial charge in [0.25, 0.3) is 0 Å². The molecule has 37 heavy (non-hydrogen) atoms. The number of hydrogen-bond acceptors (Lipinski definition) is 3. The number of ether oxygens (including phenoxy) is 1. The number of carboxylic acids is 2. The Morgan fingerprint density at radius 3 is 2.30 bits per heavy atom. The standard InChI is InChI=1S/C31H31NO5/c1-2-22-8-10-24(11-9-22)21-37-27-16-13-23(14-17-27)12-15-25-5-3-6-28-31(25)26(19-30(35)36)20-32(28)18-4-7-29(33)34/h3,5-6,8-17,20H,2,4,7,18-19,21H2,1H3,(H,33,34)(H,35,36)/b15-12+. The molecular weight excluding hydrogens is 466 g/mol. The summed E-state index contributed by atoms with van der Waals surface area (Å²) in [7, 11) is 0. The van der Waals surface area contributed by atoms with Crippen molar-refractivity contribution >= 4 is 35.0 Å². The van der Waals surface area contributed by atoms with Crippen molar-refractivity contribution in [1.82, 2.24) is 4.57 Å². The maximum absolute atomic E-state index is 11.5. The van der Waals surface area contributed by atoms with E-state index in [0.717, 1.165) is 39.8 Å². The van der Waals surface area contributed by atoms with Gasteiger partial charge in [-0.2, -0.15) is 0 Å². The van der Waals surface area contributed by atoms with E-state index in [-0.39, 0.29) is 12.8 Å². The second-order valence-corrected chi connectivity index (χ2v) is 9.02. The number of benzene rings is 3. The van der Waals surface area contributed by atoms with Crippen LogP contribution in [0.4, 0.5) is 0 Å². The van der Waals surface area contributed by atoms with Crippen molar-refractivity contribution in [2.75, 3.05) is 0 Å². The fourth-order valence-corrected chi connectivity index (χ4v) is 4.39. The molecule has 0 amide bonds. The molecule has 0 aliphatic rings. The van der Waals surface area contributed by atoms with Crippen LogP contribution >= 0.6 is 0 Å². The summed E-state index contributed by atoms with van der Waals surface area (Å²) in [5, 5.41) is 19.3. The van der Waals surface area contributed by atoms with E-state index in [2.05, 4.69) is 31.2 Å². The van der Waals surface area contributed by atoms with Crippen LogP contribution in [-0.2, 0) is 35.6 Å². The second kappa shape index (κ2) is 12.1. The van der Waals surface area contributed by atoms with Crippen LogP contribution in [0.15, 0.2) is 72.9 Å². The van der Waals surface area contributed by atoms with Crippen LogP contribution < -0.4 is 4.74 Å². The molecule has 190 valence electrons. The number of aryl methyl sites for hydroxylation is 2. The molecule has 0 saturated carbocycles. The van der Waals surface area contributed by atoms with Crippen LogP contribution in [0.5, 0.6) is 5.75 Å². The molecule has 6 heteroatoms. The van der Waals surface area contributed by atoms with Crippen molar-refractivity contribution in [3.63, 3.8) is 0 Å². The number of hydrogen-bond donors (Lipinski definition) is 2. The zero-order valence-corrected chi connectivity index (χ0v) is 20.9. The van der Waals surface area contributed by atoms with Crippen molar-refractivity contribution in [3.05, 3.63) is 101 Å². The minimum Gasteiger partial charge on any atom is -0.489 e. The Hall–Kier alpha value is -4.32. The van der Waals surface area contributed by atoms with Crippen LogP contribution in [0.2, 0.25) is 0 Å². The number of aliphatic carboxylic acids is 2. The fourth-order valence-electron chi connectivity index (χ4n) is 4.39. The van der Waals surface area contributed by atoms with E-state index < -0.39 is 11.9 Å². The molecule has 2 N–H and O–H groups in total. The number of carboxylic acid groups (broad SMARTS) is 2. The van der Waals surface area contributed by atoms with Gasteiger partial charge in [0, 0.05) is 30.1 Å². The van der Waals surface area contributed by atoms with Gasteiger partial charge >= 0.3 is 11.9 Å². The van der Waals surface area contributed by atoms with Gasteiger partial charge in [0.2, 0.25) is 0 Å². The van der Waals surface area contributed by atoms with Crippen LogP contribution in [0.3, 0.4) is 0 Å². The lowest BCUT2D eigenvalue weighted by Crippen LogP contribution is -2.01. The summed E-state index contributed by atoms with van der Waals surface area (Å²) >= 11 is 0. The van der Waals surface area contributed by atoms with Crippen molar-refractivity contribution in [2.24, 2.45) is 0 Å². The Morgan fingerprint density at radius 1 is 0.892 bits per heavy atom. The first kappa shape index (κ1) is 25.8. The normalized spacial score (nSPS) is 11.3. The predicted molar refractivity (Wildman–Crippen MR) is 146 cm³/mol. The average Bonchev–Trinajstić information content (AvgIpc) is 3.24. The topological polar surface area (TPSA) is 88.8 Å². The molecule has 3 aromatic carbocycles. The molecule has 4 rings (SSSR count). The highest BCUT2D eigenvalue weighted by molar-refractivity contribution is 5.96. The van der Waals surface area contributed by atoms with Gasteiger partial charge in [-0.1, -0.05) is 67.6 Å². The van der Waals surface area contributed by atoms with Crippen LogP contribution in [0.25, 0.3) is 23.1 Å². The van der Waals surface area contributed by atoms with Crippen LogP contribution in [0.1, 0.15) is 47.6 Å². The molecular formula is C31H31NO5. The Bertz CT molecular complexity index is 1400. The van der Waals surface area contributed by atoms with Gasteiger partial charge in [-0.3, -0.25) is 9.59 Å². The summed E-state index contributed by atoms with van der Waals surface area (Å²) < 4.78 is 7.88. The van der Waals surface area contributed by atoms with Gasteiger partial charge in [0.15, 0.2) is 0 Å². The number of aromatic nitrogens is 1. The second-order valence-electron chi connectivity index (χ2n) is 9.02. The zero-order chi connectivity index (χ0) is 26.2. The number of carbonyl (C=O) groups is 2. The lowest BCUT2D eigenvalue weighted by Gasteiger charge is -2.07. The molecule has 0 unspecified atom stereocenters. The van der Waals surface area contributed by atoms with E-state index in [0.29, 0.717) is 25.1 Å². The SMILES string of the molecule is CCc1ccc(COc2ccc(/C=C/c3cccc4c3c(CC(=O)O)cn4CCCC(=O)O)cc2)cc1. The first-order valence-electron chi connectivity index (χ1n) is 12.5. The van der Waals surface area contributed by atoms with Crippen LogP contribution in [0, 0.1) is 0 Å². The molecule has 0 atom stereocenters. The Kier molecular flexibility index (Phi) is 8.41. The summed E-state index contributed by atoms with van der Waals surface area (Å²) in [5.41, 5.74) is 5.97. The molecule has 0 fully saturated rings. The predicted octanol–water partition coefficient (Wildman–Crippen LogP) is 6.45. The van der Waals surface area contributed by atoms with Gasteiger partial charge in [0.1, 0.15) is 12.4 Å². The molecule has 0 bridgehead atoms. The molecule has 0 radical (unpaired) electrons. The highest BCUT2D eigenvalue weighted by Crippen LogP contribution is 2.28. The fraction of sp³-hybridized carbons (Fsp3) is 0.226. The van der Waals surface area contributed by atoms with Gasteiger partial charge in [0.05, 0.1) is 6.42 Å². The molecule has 0 aliphatic heterocycles. The van der Waals surface area contributed by atoms with Gasteiger partial charge in [-0.15, -0.1) is 0 Å². The average molecular weight is 498 g/mol. The summed E-state index contributed by atoms with van der Waals surface area (Å²) in [5.74, 6) is -0.950. The van der Waals surface area contributed by atoms with E-state index in [1.807, 2.05) is 65.4 Å². The monoisotopic (exact) mass is 497 g/mol. The highest BCUT2D eigenvalue weighted by atomic mass is 16.5. The van der Waals surface area contributed by atoms with Gasteiger partial charge in [-0.05, 0) is 58.9 Å². The van der Waals surface area contributed by atoms with E-state index >= 15 is 0 Å². The maximum Gasteiger partial charge on any atom is 0.307 e. The molecule has 4 aromatic rings. The van der Waals surface area contributed by atoms with Gasteiger partial charge in [-0.25, -0.2) is 0 Å². The summed E-state index contributed by atoms with van der Waals surface area (Å²) in [6.45, 7) is 3.16. The molecule has 0 aliphatic carbocycles. The van der Waals surface area contributed by atoms with E-state index in [9.17, 15) is 14.7 Å². The van der Waals surface area contributed by atoms with E-state index in [1.54, 1.807) is 0 Å². The summed E-state index contributed by atoms with van der Waals surface area (Å²) in [4.78, 5) is 22.4. The van der Waals surface area contributed by atoms with E-state index in [1.165, 1.54) is 5.56 Å². The maximum atomic E-state index is 11.5. The number of fused-ring (bicyclic) bond motifs is 1. The smallest absolute Gasteiger partial charge is 0.307 e. The van der Waals surface area contributed by atoms with Crippen LogP contribution in [-0.4, -0.2) is 26.7 Å².